The number of carbonyl (C=O) groups excluding carboxylic acids is 2. The van der Waals surface area contributed by atoms with E-state index in [9.17, 15) is 19.8 Å². The molecular weight excluding hydrogens is 441 g/mol. The molecule has 1 heterocycles. The van der Waals surface area contributed by atoms with Crippen LogP contribution in [0.2, 0.25) is 0 Å². The number of carbonyl (C=O) groups is 2. The summed E-state index contributed by atoms with van der Waals surface area (Å²) in [6.07, 6.45) is -2.40. The Hall–Kier alpha value is -0.640. The smallest absolute Gasteiger partial charge is 0.226 e. The van der Waals surface area contributed by atoms with Gasteiger partial charge in [0.1, 0.15) is 0 Å². The Morgan fingerprint density at radius 1 is 1.33 bits per heavy atom. The molecule has 0 spiro atoms. The maximum atomic E-state index is 12.8. The number of halogens is 1. The van der Waals surface area contributed by atoms with Crippen LogP contribution in [0, 0.1) is 11.8 Å². The van der Waals surface area contributed by atoms with E-state index in [0.717, 1.165) is 17.3 Å². The molecular formula is C17H23INO4S-. The Morgan fingerprint density at radius 2 is 1.92 bits per heavy atom. The molecule has 2 rings (SSSR count). The fourth-order valence-electron chi connectivity index (χ4n) is 2.84. The van der Waals surface area contributed by atoms with Crippen molar-refractivity contribution in [3.8, 4) is 0 Å². The van der Waals surface area contributed by atoms with Crippen LogP contribution in [-0.4, -0.2) is 39.0 Å². The van der Waals surface area contributed by atoms with Crippen LogP contribution in [0.4, 0.5) is 0 Å². The highest BCUT2D eigenvalue weighted by Crippen LogP contribution is 2.36. The van der Waals surface area contributed by atoms with Gasteiger partial charge in [0.25, 0.3) is 0 Å². The highest BCUT2D eigenvalue weighted by molar-refractivity contribution is 8.13. The Balaban J connectivity index is 0.00000288. The van der Waals surface area contributed by atoms with Crippen molar-refractivity contribution in [1.82, 2.24) is 5.32 Å². The monoisotopic (exact) mass is 464 g/mol. The normalized spacial score (nSPS) is 27.5. The second-order valence-corrected chi connectivity index (χ2v) is 7.29. The SMILES string of the molecule is CC(C)[C@H](O)[C@@]1(C(=O)SCc2ccccc2)NC(=O)[C@H](C)[C@@H]1O.[I-]. The Labute approximate surface area is 163 Å². The van der Waals surface area contributed by atoms with Crippen molar-refractivity contribution in [3.63, 3.8) is 0 Å². The molecule has 0 radical (unpaired) electrons. The summed E-state index contributed by atoms with van der Waals surface area (Å²) < 4.78 is 0. The van der Waals surface area contributed by atoms with Crippen molar-refractivity contribution in [1.29, 1.82) is 0 Å². The lowest BCUT2D eigenvalue weighted by Crippen LogP contribution is -3.00. The quantitative estimate of drug-likeness (QED) is 0.454. The van der Waals surface area contributed by atoms with E-state index < -0.39 is 34.7 Å². The molecule has 1 aromatic rings. The molecule has 1 aromatic carbocycles. The zero-order valence-corrected chi connectivity index (χ0v) is 16.9. The number of thioether (sulfide) groups is 1. The number of aliphatic hydroxyl groups is 2. The van der Waals surface area contributed by atoms with E-state index in [4.69, 9.17) is 0 Å². The van der Waals surface area contributed by atoms with Crippen LogP contribution in [0.15, 0.2) is 30.3 Å². The highest BCUT2D eigenvalue weighted by Gasteiger charge is 2.60. The van der Waals surface area contributed by atoms with Gasteiger partial charge in [0.15, 0.2) is 5.54 Å². The van der Waals surface area contributed by atoms with Crippen LogP contribution in [-0.2, 0) is 15.3 Å². The molecule has 0 bridgehead atoms. The Morgan fingerprint density at radius 3 is 2.38 bits per heavy atom. The largest absolute Gasteiger partial charge is 1.00 e. The molecule has 0 saturated carbocycles. The summed E-state index contributed by atoms with van der Waals surface area (Å²) in [7, 11) is 0. The predicted molar refractivity (Wildman–Crippen MR) is 89.6 cm³/mol. The molecule has 0 unspecified atom stereocenters. The first-order valence-electron chi connectivity index (χ1n) is 7.70. The second kappa shape index (κ2) is 8.64. The van der Waals surface area contributed by atoms with Crippen molar-refractivity contribution >= 4 is 22.8 Å². The maximum Gasteiger partial charge on any atom is 0.226 e. The number of amides is 1. The standard InChI is InChI=1S/C17H23NO4S.HI/c1-10(2)13(19)17(14(20)11(3)15(21)18-17)16(22)23-9-12-7-5-4-6-8-12;/h4-8,10-11,13-14,19-20H,9H2,1-3H3,(H,18,21);1H/p-1/t11-,13+,14+,17-;/m1./s1. The zero-order chi connectivity index (χ0) is 17.2. The lowest BCUT2D eigenvalue weighted by Gasteiger charge is -2.37. The average Bonchev–Trinajstić information content (AvgIpc) is 2.78. The van der Waals surface area contributed by atoms with Crippen molar-refractivity contribution in [3.05, 3.63) is 35.9 Å². The lowest BCUT2D eigenvalue weighted by molar-refractivity contribution is -0.131. The van der Waals surface area contributed by atoms with Gasteiger partial charge < -0.3 is 39.5 Å². The van der Waals surface area contributed by atoms with Crippen molar-refractivity contribution in [2.75, 3.05) is 0 Å². The minimum Gasteiger partial charge on any atom is -1.00 e. The number of rotatable bonds is 5. The minimum atomic E-state index is -1.65. The number of hydrogen-bond acceptors (Lipinski definition) is 5. The Bertz CT molecular complexity index is 583. The fourth-order valence-corrected chi connectivity index (χ4v) is 3.86. The molecule has 3 N–H and O–H groups in total. The maximum absolute atomic E-state index is 12.8. The number of nitrogens with one attached hydrogen (secondary N) is 1. The molecule has 0 aliphatic carbocycles. The van der Waals surface area contributed by atoms with E-state index in [-0.39, 0.29) is 29.9 Å². The van der Waals surface area contributed by atoms with Gasteiger partial charge in [-0.2, -0.15) is 0 Å². The van der Waals surface area contributed by atoms with Gasteiger partial charge in [0, 0.05) is 5.75 Å². The van der Waals surface area contributed by atoms with E-state index >= 15 is 0 Å². The van der Waals surface area contributed by atoms with E-state index in [1.165, 1.54) is 0 Å². The third kappa shape index (κ3) is 3.95. The molecule has 1 fully saturated rings. The number of aliphatic hydroxyl groups excluding tert-OH is 2. The summed E-state index contributed by atoms with van der Waals surface area (Å²) >= 11 is 1.01. The van der Waals surface area contributed by atoms with Gasteiger partial charge in [-0.3, -0.25) is 9.59 Å². The van der Waals surface area contributed by atoms with Crippen LogP contribution in [0.5, 0.6) is 0 Å². The van der Waals surface area contributed by atoms with E-state index in [1.54, 1.807) is 20.8 Å². The molecule has 0 aromatic heterocycles. The zero-order valence-electron chi connectivity index (χ0n) is 13.9. The summed E-state index contributed by atoms with van der Waals surface area (Å²) in [6.45, 7) is 5.07. The molecule has 5 nitrogen and oxygen atoms in total. The minimum absolute atomic E-state index is 0. The van der Waals surface area contributed by atoms with Crippen LogP contribution in [0.1, 0.15) is 26.3 Å². The summed E-state index contributed by atoms with van der Waals surface area (Å²) in [5, 5.41) is 23.2. The molecule has 1 aliphatic rings. The first-order valence-corrected chi connectivity index (χ1v) is 8.68. The van der Waals surface area contributed by atoms with Gasteiger partial charge in [0.05, 0.1) is 18.1 Å². The topological polar surface area (TPSA) is 86.6 Å². The van der Waals surface area contributed by atoms with Gasteiger partial charge in [-0.05, 0) is 11.5 Å². The Kier molecular flexibility index (Phi) is 7.71. The average molecular weight is 464 g/mol. The number of hydrogen-bond donors (Lipinski definition) is 3. The molecule has 134 valence electrons. The molecule has 24 heavy (non-hydrogen) atoms. The highest BCUT2D eigenvalue weighted by atomic mass is 127. The summed E-state index contributed by atoms with van der Waals surface area (Å²) in [5.74, 6) is -1.00. The molecule has 1 amide bonds. The molecule has 7 heteroatoms. The predicted octanol–water partition coefficient (Wildman–Crippen LogP) is -1.67. The first-order chi connectivity index (χ1) is 10.8. The van der Waals surface area contributed by atoms with Crippen molar-refractivity contribution < 1.29 is 43.8 Å². The van der Waals surface area contributed by atoms with Gasteiger partial charge in [-0.1, -0.05) is 62.9 Å². The van der Waals surface area contributed by atoms with Gasteiger partial charge in [-0.25, -0.2) is 0 Å². The third-order valence-corrected chi connectivity index (χ3v) is 5.41. The van der Waals surface area contributed by atoms with Gasteiger partial charge in [0.2, 0.25) is 11.0 Å². The van der Waals surface area contributed by atoms with E-state index in [2.05, 4.69) is 5.32 Å². The van der Waals surface area contributed by atoms with Gasteiger partial charge >= 0.3 is 0 Å². The van der Waals surface area contributed by atoms with Crippen molar-refractivity contribution in [2.24, 2.45) is 11.8 Å². The van der Waals surface area contributed by atoms with Crippen LogP contribution < -0.4 is 29.3 Å². The number of benzene rings is 1. The second-order valence-electron chi connectivity index (χ2n) is 6.34. The lowest BCUT2D eigenvalue weighted by atomic mass is 9.81. The molecule has 1 saturated heterocycles. The first kappa shape index (κ1) is 21.4. The van der Waals surface area contributed by atoms with Crippen molar-refractivity contribution in [2.45, 2.75) is 44.3 Å². The van der Waals surface area contributed by atoms with E-state index in [0.29, 0.717) is 5.75 Å². The van der Waals surface area contributed by atoms with Crippen LogP contribution in [0.3, 0.4) is 0 Å². The van der Waals surface area contributed by atoms with Gasteiger partial charge in [-0.15, -0.1) is 0 Å². The van der Waals surface area contributed by atoms with Crippen LogP contribution >= 0.6 is 11.8 Å². The fraction of sp³-hybridized carbons (Fsp3) is 0.529. The summed E-state index contributed by atoms with van der Waals surface area (Å²) in [4.78, 5) is 24.8. The molecule has 4 atom stereocenters. The van der Waals surface area contributed by atoms with E-state index in [1.807, 2.05) is 30.3 Å². The molecule has 1 aliphatic heterocycles. The third-order valence-electron chi connectivity index (χ3n) is 4.33. The summed E-state index contributed by atoms with van der Waals surface area (Å²) in [5.41, 5.74) is -0.684. The van der Waals surface area contributed by atoms with Crippen LogP contribution in [0.25, 0.3) is 0 Å². The summed E-state index contributed by atoms with van der Waals surface area (Å²) in [6, 6.07) is 9.46.